The van der Waals surface area contributed by atoms with E-state index in [-0.39, 0.29) is 0 Å². The Hall–Kier alpha value is -2.80. The van der Waals surface area contributed by atoms with Crippen LogP contribution in [0.3, 0.4) is 0 Å². The van der Waals surface area contributed by atoms with Gasteiger partial charge in [0.15, 0.2) is 0 Å². The first kappa shape index (κ1) is 13.2. The summed E-state index contributed by atoms with van der Waals surface area (Å²) in [6, 6.07) is 9.06. The number of ether oxygens (including phenoxy) is 1. The molecule has 0 bridgehead atoms. The van der Waals surface area contributed by atoms with E-state index in [4.69, 9.17) is 10.5 Å². The highest BCUT2D eigenvalue weighted by Crippen LogP contribution is 2.22. The molecule has 3 rings (SSSR count). The molecule has 21 heavy (non-hydrogen) atoms. The Kier molecular flexibility index (Phi) is 3.57. The summed E-state index contributed by atoms with van der Waals surface area (Å²) in [4.78, 5) is 9.83. The van der Waals surface area contributed by atoms with Crippen molar-refractivity contribution in [1.82, 2.24) is 25.0 Å². The molecule has 1 aromatic carbocycles. The molecule has 0 fully saturated rings. The van der Waals surface area contributed by atoms with Crippen LogP contribution in [0.15, 0.2) is 48.9 Å². The van der Waals surface area contributed by atoms with Crippen LogP contribution in [-0.4, -0.2) is 32.1 Å². The number of aromatic nitrogens is 5. The van der Waals surface area contributed by atoms with Gasteiger partial charge in [0, 0.05) is 12.4 Å². The van der Waals surface area contributed by atoms with Gasteiger partial charge in [-0.15, -0.1) is 0 Å². The standard InChI is InChI=1S/C14H14N6O/c1-21-14-13(16-7-8-17-14)12(15)11-9-18-20(19-11)10-5-3-2-4-6-10/h2-9,12H,15H2,1H3. The molecule has 106 valence electrons. The number of benzene rings is 1. The van der Waals surface area contributed by atoms with Gasteiger partial charge in [-0.1, -0.05) is 18.2 Å². The van der Waals surface area contributed by atoms with Gasteiger partial charge in [-0.2, -0.15) is 15.0 Å². The third-order valence-electron chi connectivity index (χ3n) is 2.99. The molecule has 1 unspecified atom stereocenters. The summed E-state index contributed by atoms with van der Waals surface area (Å²) in [5, 5.41) is 8.61. The number of rotatable bonds is 4. The van der Waals surface area contributed by atoms with E-state index in [0.29, 0.717) is 17.3 Å². The van der Waals surface area contributed by atoms with Crippen LogP contribution in [0.5, 0.6) is 5.88 Å². The van der Waals surface area contributed by atoms with Crippen molar-refractivity contribution in [2.45, 2.75) is 6.04 Å². The minimum absolute atomic E-state index is 0.388. The van der Waals surface area contributed by atoms with E-state index in [2.05, 4.69) is 20.2 Å². The zero-order chi connectivity index (χ0) is 14.7. The van der Waals surface area contributed by atoms with Crippen LogP contribution in [0.25, 0.3) is 5.69 Å². The van der Waals surface area contributed by atoms with E-state index in [1.54, 1.807) is 18.6 Å². The van der Waals surface area contributed by atoms with Crippen molar-refractivity contribution in [3.8, 4) is 11.6 Å². The number of hydrogen-bond donors (Lipinski definition) is 1. The lowest BCUT2D eigenvalue weighted by atomic mass is 10.1. The highest BCUT2D eigenvalue weighted by Gasteiger charge is 2.19. The first-order chi connectivity index (χ1) is 10.3. The van der Waals surface area contributed by atoms with Crippen molar-refractivity contribution >= 4 is 0 Å². The van der Waals surface area contributed by atoms with Crippen molar-refractivity contribution in [3.05, 3.63) is 60.3 Å². The molecule has 0 saturated heterocycles. The highest BCUT2D eigenvalue weighted by molar-refractivity contribution is 5.30. The van der Waals surface area contributed by atoms with Crippen LogP contribution < -0.4 is 10.5 Å². The predicted octanol–water partition coefficient (Wildman–Crippen LogP) is 1.11. The molecule has 7 nitrogen and oxygen atoms in total. The quantitative estimate of drug-likeness (QED) is 0.770. The summed E-state index contributed by atoms with van der Waals surface area (Å²) < 4.78 is 5.17. The summed E-state index contributed by atoms with van der Waals surface area (Å²) in [6.07, 6.45) is 4.74. The number of hydrogen-bond acceptors (Lipinski definition) is 6. The maximum atomic E-state index is 6.19. The van der Waals surface area contributed by atoms with E-state index in [0.717, 1.165) is 5.69 Å². The molecule has 1 atom stereocenters. The molecule has 0 aliphatic heterocycles. The predicted molar refractivity (Wildman–Crippen MR) is 76.0 cm³/mol. The minimum Gasteiger partial charge on any atom is -0.480 e. The van der Waals surface area contributed by atoms with Crippen molar-refractivity contribution < 1.29 is 4.74 Å². The van der Waals surface area contributed by atoms with Crippen LogP contribution in [0.1, 0.15) is 17.4 Å². The Balaban J connectivity index is 1.93. The van der Waals surface area contributed by atoms with Crippen LogP contribution in [0.2, 0.25) is 0 Å². The fourth-order valence-electron chi connectivity index (χ4n) is 1.95. The van der Waals surface area contributed by atoms with Gasteiger partial charge < -0.3 is 10.5 Å². The molecule has 2 N–H and O–H groups in total. The maximum Gasteiger partial charge on any atom is 0.237 e. The van der Waals surface area contributed by atoms with Gasteiger partial charge in [0.05, 0.1) is 25.0 Å². The SMILES string of the molecule is COc1nccnc1C(N)c1cnn(-c2ccccc2)n1. The largest absolute Gasteiger partial charge is 0.480 e. The van der Waals surface area contributed by atoms with E-state index in [1.165, 1.54) is 11.9 Å². The van der Waals surface area contributed by atoms with Crippen LogP contribution in [-0.2, 0) is 0 Å². The average Bonchev–Trinajstić information content (AvgIpc) is 3.05. The van der Waals surface area contributed by atoms with E-state index in [9.17, 15) is 0 Å². The van der Waals surface area contributed by atoms with E-state index >= 15 is 0 Å². The first-order valence-corrected chi connectivity index (χ1v) is 6.37. The van der Waals surface area contributed by atoms with Crippen LogP contribution in [0, 0.1) is 0 Å². The summed E-state index contributed by atoms with van der Waals surface area (Å²) in [5.41, 5.74) is 8.17. The van der Waals surface area contributed by atoms with Gasteiger partial charge in [-0.3, -0.25) is 4.98 Å². The lowest BCUT2D eigenvalue weighted by Crippen LogP contribution is -2.16. The molecule has 0 spiro atoms. The molecule has 0 aliphatic rings. The number of nitrogens with zero attached hydrogens (tertiary/aromatic N) is 5. The zero-order valence-corrected chi connectivity index (χ0v) is 11.4. The molecular formula is C14H14N6O. The fourth-order valence-corrected chi connectivity index (χ4v) is 1.95. The first-order valence-electron chi connectivity index (χ1n) is 6.37. The Labute approximate surface area is 121 Å². The molecular weight excluding hydrogens is 268 g/mol. The van der Waals surface area contributed by atoms with Crippen LogP contribution in [0.4, 0.5) is 0 Å². The third-order valence-corrected chi connectivity index (χ3v) is 2.99. The second kappa shape index (κ2) is 5.68. The van der Waals surface area contributed by atoms with Gasteiger partial charge in [-0.25, -0.2) is 4.98 Å². The molecule has 7 heteroatoms. The minimum atomic E-state index is -0.550. The Morgan fingerprint density at radius 3 is 2.67 bits per heavy atom. The summed E-state index contributed by atoms with van der Waals surface area (Å²) in [7, 11) is 1.53. The van der Waals surface area contributed by atoms with Crippen molar-refractivity contribution in [1.29, 1.82) is 0 Å². The second-order valence-corrected chi connectivity index (χ2v) is 4.32. The van der Waals surface area contributed by atoms with Crippen molar-refractivity contribution in [2.75, 3.05) is 7.11 Å². The molecule has 2 aromatic heterocycles. The number of para-hydroxylation sites is 1. The number of nitrogens with two attached hydrogens (primary N) is 1. The Morgan fingerprint density at radius 1 is 1.14 bits per heavy atom. The normalized spacial score (nSPS) is 12.1. The third kappa shape index (κ3) is 2.59. The molecule has 3 aromatic rings. The summed E-state index contributed by atoms with van der Waals surface area (Å²) >= 11 is 0. The molecule has 0 amide bonds. The molecule has 0 saturated carbocycles. The lowest BCUT2D eigenvalue weighted by molar-refractivity contribution is 0.386. The highest BCUT2D eigenvalue weighted by atomic mass is 16.5. The smallest absolute Gasteiger partial charge is 0.237 e. The van der Waals surface area contributed by atoms with Crippen molar-refractivity contribution in [3.63, 3.8) is 0 Å². The second-order valence-electron chi connectivity index (χ2n) is 4.32. The monoisotopic (exact) mass is 282 g/mol. The van der Waals surface area contributed by atoms with Gasteiger partial charge in [0.1, 0.15) is 11.4 Å². The zero-order valence-electron chi connectivity index (χ0n) is 11.4. The maximum absolute atomic E-state index is 6.19. The summed E-state index contributed by atoms with van der Waals surface area (Å²) in [5.74, 6) is 0.388. The van der Waals surface area contributed by atoms with Gasteiger partial charge >= 0.3 is 0 Å². The lowest BCUT2D eigenvalue weighted by Gasteiger charge is -2.10. The molecule has 0 aliphatic carbocycles. The van der Waals surface area contributed by atoms with Gasteiger partial charge in [0.2, 0.25) is 5.88 Å². The van der Waals surface area contributed by atoms with E-state index in [1.807, 2.05) is 30.3 Å². The van der Waals surface area contributed by atoms with Gasteiger partial charge in [-0.05, 0) is 12.1 Å². The molecule has 2 heterocycles. The Bertz CT molecular complexity index is 727. The topological polar surface area (TPSA) is 91.7 Å². The van der Waals surface area contributed by atoms with Crippen LogP contribution >= 0.6 is 0 Å². The molecule has 0 radical (unpaired) electrons. The average molecular weight is 282 g/mol. The number of methoxy groups -OCH3 is 1. The Morgan fingerprint density at radius 2 is 1.90 bits per heavy atom. The van der Waals surface area contributed by atoms with Crippen molar-refractivity contribution in [2.24, 2.45) is 5.73 Å². The van der Waals surface area contributed by atoms with Gasteiger partial charge in [0.25, 0.3) is 0 Å². The fraction of sp³-hybridized carbons (Fsp3) is 0.143. The summed E-state index contributed by atoms with van der Waals surface area (Å²) in [6.45, 7) is 0. The van der Waals surface area contributed by atoms with E-state index < -0.39 is 6.04 Å².